The number of rotatable bonds is 9. The van der Waals surface area contributed by atoms with E-state index in [1.54, 1.807) is 43.3 Å². The van der Waals surface area contributed by atoms with Crippen LogP contribution in [0.25, 0.3) is 0 Å². The van der Waals surface area contributed by atoms with Crippen LogP contribution in [0.15, 0.2) is 80.4 Å². The fourth-order valence-corrected chi connectivity index (χ4v) is 6.03. The number of anilines is 1. The average molecular weight is 578 g/mol. The zero-order valence-corrected chi connectivity index (χ0v) is 22.3. The van der Waals surface area contributed by atoms with E-state index < -0.39 is 17.8 Å². The smallest absolute Gasteiger partial charge is 0.312 e. The topological polar surface area (TPSA) is 92.2 Å². The normalized spacial score (nSPS) is 11.8. The molecule has 0 saturated heterocycles. The molecule has 4 rings (SSSR count). The van der Waals surface area contributed by atoms with Gasteiger partial charge in [0.15, 0.2) is 5.13 Å². The number of carbonyl (C=O) groups excluding carboxylic acids is 1. The maximum Gasteiger partial charge on any atom is 0.312 e. The summed E-state index contributed by atoms with van der Waals surface area (Å²) < 4.78 is 26.8. The summed E-state index contributed by atoms with van der Waals surface area (Å²) in [5.41, 5.74) is 0.269. The molecular formula is C25H18ClF2N3O3S3. The van der Waals surface area contributed by atoms with Crippen molar-refractivity contribution >= 4 is 63.5 Å². The van der Waals surface area contributed by atoms with Crippen LogP contribution >= 0.6 is 46.5 Å². The lowest BCUT2D eigenvalue weighted by Crippen LogP contribution is -2.16. The Morgan fingerprint density at radius 2 is 1.57 bits per heavy atom. The summed E-state index contributed by atoms with van der Waals surface area (Å²) in [6.07, 6.45) is 0.287. The molecule has 2 aromatic carbocycles. The number of hydrogen-bond acceptors (Lipinski definition) is 7. The van der Waals surface area contributed by atoms with Crippen molar-refractivity contribution in [3.8, 4) is 0 Å². The van der Waals surface area contributed by atoms with E-state index in [9.17, 15) is 23.5 Å². The molecule has 1 atom stereocenters. The molecule has 0 aliphatic carbocycles. The second-order valence-electron chi connectivity index (χ2n) is 7.54. The highest BCUT2D eigenvalue weighted by Crippen LogP contribution is 2.36. The first-order valence-corrected chi connectivity index (χ1v) is 13.6. The van der Waals surface area contributed by atoms with Gasteiger partial charge >= 0.3 is 5.97 Å². The number of pyridine rings is 1. The lowest BCUT2D eigenvalue weighted by atomic mass is 10.0. The molecule has 0 aliphatic rings. The molecule has 190 valence electrons. The van der Waals surface area contributed by atoms with Crippen molar-refractivity contribution in [2.75, 3.05) is 5.32 Å². The number of thiazole rings is 1. The third-order valence-corrected chi connectivity index (χ3v) is 8.19. The third kappa shape index (κ3) is 6.86. The Bertz CT molecular complexity index is 1430. The van der Waals surface area contributed by atoms with E-state index in [0.29, 0.717) is 14.8 Å². The first-order valence-electron chi connectivity index (χ1n) is 10.8. The molecule has 37 heavy (non-hydrogen) atoms. The first kappa shape index (κ1) is 27.1. The van der Waals surface area contributed by atoms with E-state index in [0.717, 1.165) is 16.2 Å². The number of hydrogen-bond donors (Lipinski definition) is 2. The zero-order chi connectivity index (χ0) is 26.5. The Morgan fingerprint density at radius 1 is 0.973 bits per heavy atom. The Labute approximate surface area is 228 Å². The van der Waals surface area contributed by atoms with Crippen molar-refractivity contribution in [1.82, 2.24) is 9.97 Å². The minimum absolute atomic E-state index is 0.0829. The van der Waals surface area contributed by atoms with Gasteiger partial charge in [0.25, 0.3) is 5.91 Å². The van der Waals surface area contributed by atoms with Crippen LogP contribution in [0.5, 0.6) is 0 Å². The van der Waals surface area contributed by atoms with Gasteiger partial charge in [-0.25, -0.2) is 18.7 Å². The number of halogens is 3. The van der Waals surface area contributed by atoms with Gasteiger partial charge in [-0.15, -0.1) is 0 Å². The molecule has 6 nitrogen and oxygen atoms in total. The molecule has 0 radical (unpaired) electrons. The Hall–Kier alpha value is -2.99. The van der Waals surface area contributed by atoms with Gasteiger partial charge in [-0.2, -0.15) is 0 Å². The number of carboxylic acid groups (broad SMARTS) is 1. The number of amides is 1. The summed E-state index contributed by atoms with van der Waals surface area (Å²) in [6.45, 7) is 1.71. The van der Waals surface area contributed by atoms with Crippen LogP contribution in [0, 0.1) is 11.6 Å². The molecule has 2 aromatic heterocycles. The Morgan fingerprint density at radius 3 is 2.14 bits per heavy atom. The number of aliphatic carboxylic acids is 1. The maximum absolute atomic E-state index is 13.4. The number of carboxylic acids is 1. The van der Waals surface area contributed by atoms with Gasteiger partial charge in [0, 0.05) is 14.7 Å². The fourth-order valence-electron chi connectivity index (χ4n) is 3.21. The van der Waals surface area contributed by atoms with Crippen molar-refractivity contribution in [2.45, 2.75) is 39.0 Å². The van der Waals surface area contributed by atoms with Crippen molar-refractivity contribution < 1.29 is 23.5 Å². The molecule has 0 saturated carbocycles. The van der Waals surface area contributed by atoms with Gasteiger partial charge in [0.1, 0.15) is 32.6 Å². The number of nitrogens with one attached hydrogen (secondary N) is 1. The van der Waals surface area contributed by atoms with Crippen LogP contribution in [-0.2, 0) is 4.79 Å². The van der Waals surface area contributed by atoms with E-state index in [1.807, 2.05) is 0 Å². The highest BCUT2D eigenvalue weighted by Gasteiger charge is 2.26. The molecule has 0 fully saturated rings. The van der Waals surface area contributed by atoms with Gasteiger partial charge in [-0.1, -0.05) is 53.4 Å². The monoisotopic (exact) mass is 577 g/mol. The number of aromatic nitrogens is 2. The van der Waals surface area contributed by atoms with Gasteiger partial charge in [0.05, 0.1) is 5.69 Å². The van der Waals surface area contributed by atoms with Crippen LogP contribution in [-0.4, -0.2) is 27.0 Å². The molecule has 4 aromatic rings. The number of carbonyl (C=O) groups is 2. The van der Waals surface area contributed by atoms with Gasteiger partial charge < -0.3 is 5.11 Å². The molecular weight excluding hydrogens is 560 g/mol. The van der Waals surface area contributed by atoms with Crippen LogP contribution < -0.4 is 5.32 Å². The molecule has 0 spiro atoms. The highest BCUT2D eigenvalue weighted by atomic mass is 35.5. The first-order chi connectivity index (χ1) is 17.7. The molecule has 0 bridgehead atoms. The predicted octanol–water partition coefficient (Wildman–Crippen LogP) is 7.60. The summed E-state index contributed by atoms with van der Waals surface area (Å²) in [5.74, 6) is -3.27. The minimum atomic E-state index is -1.06. The molecule has 0 aliphatic heterocycles. The van der Waals surface area contributed by atoms with Gasteiger partial charge in [0.2, 0.25) is 0 Å². The molecule has 2 heterocycles. The SMILES string of the molecule is CCC(C(=O)O)c1nc(NC(=O)c2nc(Sc3ccc(F)cc3)ccc2Sc2ccc(F)cc2)sc1Cl. The number of nitrogens with zero attached hydrogens (tertiary/aromatic N) is 2. The van der Waals surface area contributed by atoms with Gasteiger partial charge in [-0.05, 0) is 67.1 Å². The summed E-state index contributed by atoms with van der Waals surface area (Å²) in [6, 6.07) is 15.1. The zero-order valence-electron chi connectivity index (χ0n) is 19.1. The van der Waals surface area contributed by atoms with Gasteiger partial charge in [-0.3, -0.25) is 14.9 Å². The average Bonchev–Trinajstić information content (AvgIpc) is 3.22. The molecule has 12 heteroatoms. The Balaban J connectivity index is 1.65. The summed E-state index contributed by atoms with van der Waals surface area (Å²) in [7, 11) is 0. The highest BCUT2D eigenvalue weighted by molar-refractivity contribution is 7.99. The molecule has 1 unspecified atom stereocenters. The van der Waals surface area contributed by atoms with Crippen molar-refractivity contribution in [3.63, 3.8) is 0 Å². The Kier molecular flexibility index (Phi) is 8.80. The van der Waals surface area contributed by atoms with Crippen LogP contribution in [0.2, 0.25) is 4.34 Å². The summed E-state index contributed by atoms with van der Waals surface area (Å²) in [5, 5.41) is 12.7. The van der Waals surface area contributed by atoms with Crippen molar-refractivity contribution in [3.05, 3.63) is 88.0 Å². The molecule has 1 amide bonds. The number of benzene rings is 2. The van der Waals surface area contributed by atoms with E-state index in [4.69, 9.17) is 11.6 Å². The fraction of sp³-hybridized carbons (Fsp3) is 0.120. The largest absolute Gasteiger partial charge is 0.481 e. The second kappa shape index (κ2) is 12.0. The summed E-state index contributed by atoms with van der Waals surface area (Å²) >= 11 is 9.67. The minimum Gasteiger partial charge on any atom is -0.481 e. The van der Waals surface area contributed by atoms with Crippen LogP contribution in [0.1, 0.15) is 35.4 Å². The van der Waals surface area contributed by atoms with E-state index in [1.165, 1.54) is 47.8 Å². The quantitative estimate of drug-likeness (QED) is 0.211. The van der Waals surface area contributed by atoms with E-state index in [2.05, 4.69) is 15.3 Å². The lowest BCUT2D eigenvalue weighted by molar-refractivity contribution is -0.138. The van der Waals surface area contributed by atoms with E-state index in [-0.39, 0.29) is 38.9 Å². The van der Waals surface area contributed by atoms with Crippen LogP contribution in [0.3, 0.4) is 0 Å². The van der Waals surface area contributed by atoms with E-state index >= 15 is 0 Å². The lowest BCUT2D eigenvalue weighted by Gasteiger charge is -2.10. The van der Waals surface area contributed by atoms with Crippen molar-refractivity contribution in [2.24, 2.45) is 0 Å². The third-order valence-electron chi connectivity index (χ3n) is 4.99. The molecule has 2 N–H and O–H groups in total. The standard InChI is InChI=1S/C25H18ClF2N3O3S3/c1-2-17(24(33)34)20-22(26)37-25(30-20)31-23(32)21-18(35-15-7-3-13(27)4-8-15)11-12-19(29-21)36-16-9-5-14(28)6-10-16/h3-12,17H,2H2,1H3,(H,33,34)(H,30,31,32). The van der Waals surface area contributed by atoms with Crippen molar-refractivity contribution in [1.29, 1.82) is 0 Å². The maximum atomic E-state index is 13.4. The predicted molar refractivity (Wildman–Crippen MR) is 141 cm³/mol. The summed E-state index contributed by atoms with van der Waals surface area (Å²) in [4.78, 5) is 35.6. The van der Waals surface area contributed by atoms with Crippen LogP contribution in [0.4, 0.5) is 13.9 Å². The second-order valence-corrected chi connectivity index (χ2v) is 11.3.